The van der Waals surface area contributed by atoms with E-state index in [0.29, 0.717) is 0 Å². The molecule has 2 heteroatoms. The molecule has 2 aliphatic rings. The van der Waals surface area contributed by atoms with E-state index in [1.807, 2.05) is 0 Å². The summed E-state index contributed by atoms with van der Waals surface area (Å²) in [6, 6.07) is 0. The van der Waals surface area contributed by atoms with Gasteiger partial charge in [0.1, 0.15) is 6.23 Å². The molecule has 0 bridgehead atoms. The fourth-order valence-electron chi connectivity index (χ4n) is 2.12. The molecule has 0 radical (unpaired) electrons. The molecule has 2 atom stereocenters. The van der Waals surface area contributed by atoms with E-state index in [2.05, 4.69) is 43.5 Å². The molecule has 2 unspecified atom stereocenters. The van der Waals surface area contributed by atoms with Gasteiger partial charge in [-0.1, -0.05) is 32.1 Å². The number of allylic oxidation sites excluding steroid dienone is 5. The first-order valence-electron chi connectivity index (χ1n) is 6.08. The Kier molecular flexibility index (Phi) is 3.20. The smallest absolute Gasteiger partial charge is 0.127 e. The monoisotopic (exact) mass is 219 g/mol. The number of hydrogen-bond acceptors (Lipinski definition) is 2. The SMILES string of the molecule is CCC1(C)C=CC2=C(C=C1)NC(OC)CC2. The third-order valence-corrected chi connectivity index (χ3v) is 3.68. The lowest BCUT2D eigenvalue weighted by molar-refractivity contribution is 0.0719. The van der Waals surface area contributed by atoms with Crippen LogP contribution >= 0.6 is 0 Å². The van der Waals surface area contributed by atoms with Gasteiger partial charge >= 0.3 is 0 Å². The van der Waals surface area contributed by atoms with Crippen molar-refractivity contribution in [2.45, 2.75) is 39.3 Å². The lowest BCUT2D eigenvalue weighted by atomic mass is 9.87. The Morgan fingerprint density at radius 3 is 2.88 bits per heavy atom. The summed E-state index contributed by atoms with van der Waals surface area (Å²) in [5.41, 5.74) is 2.83. The molecule has 0 saturated carbocycles. The fraction of sp³-hybridized carbons (Fsp3) is 0.571. The summed E-state index contributed by atoms with van der Waals surface area (Å²) in [7, 11) is 1.76. The molecule has 16 heavy (non-hydrogen) atoms. The number of methoxy groups -OCH3 is 1. The van der Waals surface area contributed by atoms with E-state index >= 15 is 0 Å². The second-order valence-corrected chi connectivity index (χ2v) is 4.87. The first-order valence-corrected chi connectivity index (χ1v) is 6.08. The third kappa shape index (κ3) is 2.22. The van der Waals surface area contributed by atoms with Crippen molar-refractivity contribution in [2.24, 2.45) is 5.41 Å². The van der Waals surface area contributed by atoms with E-state index in [9.17, 15) is 0 Å². The molecule has 0 amide bonds. The van der Waals surface area contributed by atoms with Crippen molar-refractivity contribution in [3.63, 3.8) is 0 Å². The van der Waals surface area contributed by atoms with Crippen molar-refractivity contribution in [3.05, 3.63) is 35.6 Å². The Bertz CT molecular complexity index is 354. The van der Waals surface area contributed by atoms with Gasteiger partial charge in [0.25, 0.3) is 0 Å². The highest BCUT2D eigenvalue weighted by Gasteiger charge is 2.22. The zero-order chi connectivity index (χ0) is 11.6. The van der Waals surface area contributed by atoms with Gasteiger partial charge in [0.05, 0.1) is 0 Å². The minimum Gasteiger partial charge on any atom is -0.362 e. The van der Waals surface area contributed by atoms with Crippen LogP contribution in [0.5, 0.6) is 0 Å². The van der Waals surface area contributed by atoms with Crippen LogP contribution in [0.1, 0.15) is 33.1 Å². The highest BCUT2D eigenvalue weighted by Crippen LogP contribution is 2.31. The molecular weight excluding hydrogens is 198 g/mol. The molecule has 0 saturated heterocycles. The van der Waals surface area contributed by atoms with Crippen LogP contribution in [0, 0.1) is 5.41 Å². The Hall–Kier alpha value is -1.02. The Morgan fingerprint density at radius 2 is 2.19 bits per heavy atom. The summed E-state index contributed by atoms with van der Waals surface area (Å²) in [5, 5.41) is 3.43. The van der Waals surface area contributed by atoms with Crippen molar-refractivity contribution < 1.29 is 4.74 Å². The maximum atomic E-state index is 5.36. The maximum Gasteiger partial charge on any atom is 0.127 e. The van der Waals surface area contributed by atoms with E-state index in [1.54, 1.807) is 7.11 Å². The van der Waals surface area contributed by atoms with Crippen molar-refractivity contribution >= 4 is 0 Å². The molecule has 1 N–H and O–H groups in total. The van der Waals surface area contributed by atoms with Crippen LogP contribution in [0.3, 0.4) is 0 Å². The second-order valence-electron chi connectivity index (χ2n) is 4.87. The van der Waals surface area contributed by atoms with Crippen LogP contribution in [0.2, 0.25) is 0 Å². The molecule has 1 heterocycles. The minimum atomic E-state index is 0.169. The summed E-state index contributed by atoms with van der Waals surface area (Å²) in [5.74, 6) is 0. The Morgan fingerprint density at radius 1 is 1.44 bits per heavy atom. The molecule has 0 aromatic heterocycles. The maximum absolute atomic E-state index is 5.36. The zero-order valence-electron chi connectivity index (χ0n) is 10.4. The van der Waals surface area contributed by atoms with Crippen LogP contribution in [0.4, 0.5) is 0 Å². The van der Waals surface area contributed by atoms with Gasteiger partial charge in [-0.2, -0.15) is 0 Å². The summed E-state index contributed by atoms with van der Waals surface area (Å²) in [4.78, 5) is 0. The highest BCUT2D eigenvalue weighted by molar-refractivity contribution is 5.39. The van der Waals surface area contributed by atoms with Crippen LogP contribution in [-0.4, -0.2) is 13.3 Å². The van der Waals surface area contributed by atoms with Crippen LogP contribution in [0.15, 0.2) is 35.6 Å². The average molecular weight is 219 g/mol. The summed E-state index contributed by atoms with van der Waals surface area (Å²) in [6.07, 6.45) is 12.5. The van der Waals surface area contributed by atoms with Gasteiger partial charge in [0.2, 0.25) is 0 Å². The Labute approximate surface area is 98.1 Å². The molecule has 0 aromatic rings. The van der Waals surface area contributed by atoms with Gasteiger partial charge in [0.15, 0.2) is 0 Å². The molecule has 2 rings (SSSR count). The quantitative estimate of drug-likeness (QED) is 0.770. The van der Waals surface area contributed by atoms with E-state index in [4.69, 9.17) is 4.74 Å². The number of nitrogens with one attached hydrogen (secondary N) is 1. The van der Waals surface area contributed by atoms with E-state index in [1.165, 1.54) is 11.3 Å². The van der Waals surface area contributed by atoms with Crippen molar-refractivity contribution in [3.8, 4) is 0 Å². The van der Waals surface area contributed by atoms with Crippen LogP contribution in [0.25, 0.3) is 0 Å². The standard InChI is InChI=1S/C14H21NO/c1-4-14(2)9-7-11-5-6-13(16-3)15-12(11)8-10-14/h7-10,13,15H,4-6H2,1-3H3. The van der Waals surface area contributed by atoms with Crippen molar-refractivity contribution in [1.29, 1.82) is 0 Å². The fourth-order valence-corrected chi connectivity index (χ4v) is 2.12. The molecule has 1 aliphatic heterocycles. The first kappa shape index (κ1) is 11.5. The summed E-state index contributed by atoms with van der Waals surface area (Å²) in [6.45, 7) is 4.50. The Balaban J connectivity index is 2.22. The molecule has 0 fully saturated rings. The molecular formula is C14H21NO. The normalized spacial score (nSPS) is 33.3. The predicted molar refractivity (Wildman–Crippen MR) is 66.9 cm³/mol. The molecule has 0 aromatic carbocycles. The lowest BCUT2D eigenvalue weighted by Gasteiger charge is -2.25. The number of hydrogen-bond donors (Lipinski definition) is 1. The van der Waals surface area contributed by atoms with Crippen LogP contribution in [-0.2, 0) is 4.74 Å². The summed E-state index contributed by atoms with van der Waals surface area (Å²) >= 11 is 0. The second kappa shape index (κ2) is 4.46. The molecule has 1 aliphatic carbocycles. The average Bonchev–Trinajstić information content (AvgIpc) is 2.50. The van der Waals surface area contributed by atoms with E-state index in [-0.39, 0.29) is 11.6 Å². The largest absolute Gasteiger partial charge is 0.362 e. The van der Waals surface area contributed by atoms with Gasteiger partial charge in [-0.3, -0.25) is 0 Å². The topological polar surface area (TPSA) is 21.3 Å². The zero-order valence-corrected chi connectivity index (χ0v) is 10.4. The first-order chi connectivity index (χ1) is 7.67. The summed E-state index contributed by atoms with van der Waals surface area (Å²) < 4.78 is 5.36. The van der Waals surface area contributed by atoms with Gasteiger partial charge in [-0.25, -0.2) is 0 Å². The van der Waals surface area contributed by atoms with Crippen LogP contribution < -0.4 is 5.32 Å². The third-order valence-electron chi connectivity index (χ3n) is 3.68. The van der Waals surface area contributed by atoms with Gasteiger partial charge < -0.3 is 10.1 Å². The van der Waals surface area contributed by atoms with Gasteiger partial charge in [0, 0.05) is 18.2 Å². The van der Waals surface area contributed by atoms with Gasteiger partial charge in [-0.05, 0) is 30.9 Å². The molecule has 88 valence electrons. The minimum absolute atomic E-state index is 0.169. The lowest BCUT2D eigenvalue weighted by Crippen LogP contribution is -2.33. The van der Waals surface area contributed by atoms with Crippen molar-refractivity contribution in [2.75, 3.05) is 7.11 Å². The molecule has 0 spiro atoms. The van der Waals surface area contributed by atoms with Crippen molar-refractivity contribution in [1.82, 2.24) is 5.32 Å². The number of ether oxygens (including phenoxy) is 1. The van der Waals surface area contributed by atoms with Gasteiger partial charge in [-0.15, -0.1) is 0 Å². The number of rotatable bonds is 2. The highest BCUT2D eigenvalue weighted by atomic mass is 16.5. The molecule has 2 nitrogen and oxygen atoms in total. The van der Waals surface area contributed by atoms with E-state index in [0.717, 1.165) is 19.3 Å². The predicted octanol–water partition coefficient (Wildman–Crippen LogP) is 3.14. The van der Waals surface area contributed by atoms with E-state index < -0.39 is 0 Å².